The predicted molar refractivity (Wildman–Crippen MR) is 49.5 cm³/mol. The maximum Gasteiger partial charge on any atom is 0.658 e. The Balaban J connectivity index is 0. The maximum absolute atomic E-state index is 10.6. The number of carbonyl (C=O) groups is 1. The fourth-order valence-corrected chi connectivity index (χ4v) is 0.671. The van der Waals surface area contributed by atoms with Gasteiger partial charge in [-0.05, 0) is 19.6 Å². The van der Waals surface area contributed by atoms with Crippen molar-refractivity contribution in [1.29, 1.82) is 0 Å². The van der Waals surface area contributed by atoms with E-state index in [9.17, 15) is 8.63 Å². The van der Waals surface area contributed by atoms with Crippen molar-refractivity contribution >= 4 is 13.1 Å². The van der Waals surface area contributed by atoms with Crippen LogP contribution in [0.5, 0.6) is 0 Å². The van der Waals surface area contributed by atoms with Crippen LogP contribution in [0, 0.1) is 0 Å². The summed E-state index contributed by atoms with van der Waals surface area (Å²) in [5.74, 6) is -2.07. The van der Waals surface area contributed by atoms with Crippen LogP contribution in [-0.2, 0) is 0 Å². The summed E-state index contributed by atoms with van der Waals surface area (Å²) in [6.07, 6.45) is 0. The molecule has 0 aliphatic rings. The van der Waals surface area contributed by atoms with Gasteiger partial charge in [0.1, 0.15) is 0 Å². The van der Waals surface area contributed by atoms with E-state index in [1.807, 2.05) is 0 Å². The average molecular weight is 195 g/mol. The van der Waals surface area contributed by atoms with Crippen molar-refractivity contribution in [3.8, 4) is 0 Å². The lowest BCUT2D eigenvalue weighted by molar-refractivity contribution is 0.214. The number of halogens is 2. The van der Waals surface area contributed by atoms with E-state index in [1.165, 1.54) is 19.6 Å². The van der Waals surface area contributed by atoms with E-state index in [0.717, 1.165) is 0 Å². The zero-order chi connectivity index (χ0) is 10.9. The monoisotopic (exact) mass is 195 g/mol. The lowest BCUT2D eigenvalue weighted by Gasteiger charge is -2.13. The fraction of sp³-hybridized carbons (Fsp3) is 0.857. The third-order valence-electron chi connectivity index (χ3n) is 1.53. The first kappa shape index (κ1) is 14.9. The van der Waals surface area contributed by atoms with Gasteiger partial charge in [0.15, 0.2) is 0 Å². The van der Waals surface area contributed by atoms with Crippen molar-refractivity contribution in [3.63, 3.8) is 0 Å². The number of nitrogens with zero attached hydrogens (tertiary/aromatic N) is 1. The number of hydrogen-bond acceptors (Lipinski definition) is 2. The van der Waals surface area contributed by atoms with Gasteiger partial charge in [-0.25, -0.2) is 0 Å². The van der Waals surface area contributed by atoms with E-state index in [4.69, 9.17) is 9.90 Å². The van der Waals surface area contributed by atoms with Gasteiger partial charge < -0.3 is 10.0 Å². The highest BCUT2D eigenvalue weighted by atomic mass is 19.2. The van der Waals surface area contributed by atoms with Gasteiger partial charge in [0, 0.05) is 0 Å². The zero-order valence-electron chi connectivity index (χ0n) is 8.26. The minimum Gasteiger partial charge on any atom is -0.484 e. The molecule has 0 saturated carbocycles. The van der Waals surface area contributed by atoms with Gasteiger partial charge in [-0.3, -0.25) is 13.4 Å². The second-order valence-corrected chi connectivity index (χ2v) is 2.26. The van der Waals surface area contributed by atoms with Gasteiger partial charge in [-0.15, -0.1) is 0 Å². The molecule has 0 radical (unpaired) electrons. The molecule has 1 N–H and O–H groups in total. The molecule has 0 aliphatic heterocycles. The molecule has 0 spiro atoms. The topological polar surface area (TPSA) is 40.5 Å². The minimum atomic E-state index is -3.23. The number of hydrogen-bond donors (Lipinski definition) is 1. The second-order valence-electron chi connectivity index (χ2n) is 2.26. The molecule has 0 bridgehead atoms. The molecule has 0 atom stereocenters. The highest BCUT2D eigenvalue weighted by Gasteiger charge is 2.22. The van der Waals surface area contributed by atoms with Crippen LogP contribution in [0.2, 0.25) is 0 Å². The van der Waals surface area contributed by atoms with Gasteiger partial charge in [0.25, 0.3) is 0 Å². The van der Waals surface area contributed by atoms with Gasteiger partial charge in [-0.1, -0.05) is 20.8 Å². The average Bonchev–Trinajstić information content (AvgIpc) is 2.08. The molecule has 0 amide bonds. The van der Waals surface area contributed by atoms with Crippen molar-refractivity contribution in [2.45, 2.75) is 20.8 Å². The summed E-state index contributed by atoms with van der Waals surface area (Å²) < 4.78 is 21.1. The Morgan fingerprint density at radius 3 is 1.46 bits per heavy atom. The fourth-order valence-electron chi connectivity index (χ4n) is 0.671. The van der Waals surface area contributed by atoms with Crippen molar-refractivity contribution < 1.29 is 18.5 Å². The van der Waals surface area contributed by atoms with E-state index in [1.54, 1.807) is 0 Å². The summed E-state index contributed by atoms with van der Waals surface area (Å²) in [7, 11) is -3.23. The molecule has 0 fully saturated rings. The summed E-state index contributed by atoms with van der Waals surface area (Å²) >= 11 is 0. The normalized spacial score (nSPS) is 9.08. The molecule has 3 nitrogen and oxygen atoms in total. The van der Waals surface area contributed by atoms with E-state index in [-0.39, 0.29) is 0 Å². The number of rotatable bonds is 4. The Morgan fingerprint density at radius 2 is 1.46 bits per heavy atom. The van der Waals surface area contributed by atoms with E-state index < -0.39 is 13.1 Å². The van der Waals surface area contributed by atoms with Crippen LogP contribution in [-0.4, -0.2) is 42.8 Å². The summed E-state index contributed by atoms with van der Waals surface area (Å²) in [5.41, 5.74) is 0. The van der Waals surface area contributed by atoms with Crippen LogP contribution >= 0.6 is 0 Å². The van der Waals surface area contributed by atoms with Crippen LogP contribution in [0.3, 0.4) is 0 Å². The lowest BCUT2D eigenvalue weighted by atomic mass is 10.0. The standard InChI is InChI=1S/C6H15N.CHBF2O2/c1-4-7(5-2)6-3;3-2(4)1(5)6/h4-6H2,1-3H3;(H,5,6). The first-order valence-corrected chi connectivity index (χ1v) is 4.22. The molecular weight excluding hydrogens is 179 g/mol. The van der Waals surface area contributed by atoms with Crippen molar-refractivity contribution in [2.75, 3.05) is 19.6 Å². The Kier molecular flexibility index (Phi) is 10.8. The first-order valence-electron chi connectivity index (χ1n) is 4.22. The zero-order valence-corrected chi connectivity index (χ0v) is 8.26. The Bertz CT molecular complexity index is 126. The van der Waals surface area contributed by atoms with Crippen molar-refractivity contribution in [3.05, 3.63) is 0 Å². The van der Waals surface area contributed by atoms with Gasteiger partial charge in [-0.2, -0.15) is 0 Å². The third-order valence-corrected chi connectivity index (χ3v) is 1.53. The molecule has 13 heavy (non-hydrogen) atoms. The smallest absolute Gasteiger partial charge is 0.484 e. The summed E-state index contributed by atoms with van der Waals surface area (Å²) in [4.78, 5) is 11.3. The Morgan fingerprint density at radius 1 is 1.23 bits per heavy atom. The van der Waals surface area contributed by atoms with Gasteiger partial charge in [0.05, 0.1) is 0 Å². The molecule has 0 unspecified atom stereocenters. The van der Waals surface area contributed by atoms with E-state index in [0.29, 0.717) is 0 Å². The summed E-state index contributed by atoms with van der Waals surface area (Å²) in [6.45, 7) is 10.1. The highest BCUT2D eigenvalue weighted by molar-refractivity contribution is 6.77. The van der Waals surface area contributed by atoms with E-state index in [2.05, 4.69) is 25.7 Å². The van der Waals surface area contributed by atoms with Crippen LogP contribution in [0.1, 0.15) is 20.8 Å². The van der Waals surface area contributed by atoms with Crippen LogP contribution < -0.4 is 0 Å². The maximum atomic E-state index is 10.6. The first-order chi connectivity index (χ1) is 5.99. The molecule has 78 valence electrons. The molecule has 0 aromatic rings. The minimum absolute atomic E-state index is 1.19. The third kappa shape index (κ3) is 11.4. The largest absolute Gasteiger partial charge is 0.658 e. The highest BCUT2D eigenvalue weighted by Crippen LogP contribution is 1.83. The van der Waals surface area contributed by atoms with Crippen molar-refractivity contribution in [1.82, 2.24) is 4.90 Å². The summed E-state index contributed by atoms with van der Waals surface area (Å²) in [6, 6.07) is 0. The second kappa shape index (κ2) is 9.44. The molecule has 0 saturated heterocycles. The van der Waals surface area contributed by atoms with Crippen LogP contribution in [0.25, 0.3) is 0 Å². The Hall–Kier alpha value is -0.645. The SMILES string of the molecule is CCN(CC)CC.O=C(O)B(F)F. The molecule has 6 heteroatoms. The van der Waals surface area contributed by atoms with Crippen molar-refractivity contribution in [2.24, 2.45) is 0 Å². The molecule has 0 aromatic heterocycles. The van der Waals surface area contributed by atoms with E-state index >= 15 is 0 Å². The lowest BCUT2D eigenvalue weighted by Crippen LogP contribution is -2.21. The van der Waals surface area contributed by atoms with Crippen LogP contribution in [0.15, 0.2) is 0 Å². The van der Waals surface area contributed by atoms with Crippen LogP contribution in [0.4, 0.5) is 13.4 Å². The van der Waals surface area contributed by atoms with Gasteiger partial charge >= 0.3 is 13.1 Å². The predicted octanol–water partition coefficient (Wildman–Crippen LogP) is 2.02. The molecule has 0 heterocycles. The molecular formula is C7H16BF2NO2. The van der Waals surface area contributed by atoms with Gasteiger partial charge in [0.2, 0.25) is 0 Å². The molecule has 0 aliphatic carbocycles. The quantitative estimate of drug-likeness (QED) is 0.697. The summed E-state index contributed by atoms with van der Waals surface area (Å²) in [5, 5.41) is 7.24. The Labute approximate surface area is 77.9 Å². The number of carboxylic acid groups (broad SMARTS) is 1. The molecule has 0 aromatic carbocycles. The molecule has 0 rings (SSSR count).